The van der Waals surface area contributed by atoms with Crippen molar-refractivity contribution in [2.45, 2.75) is 33.7 Å². The second kappa shape index (κ2) is 10.7. The van der Waals surface area contributed by atoms with E-state index in [1.54, 1.807) is 18.4 Å². The molecule has 0 aliphatic carbocycles. The summed E-state index contributed by atoms with van der Waals surface area (Å²) in [6.07, 6.45) is 0.880. The van der Waals surface area contributed by atoms with Gasteiger partial charge in [0.15, 0.2) is 17.5 Å². The quantitative estimate of drug-likeness (QED) is 0.518. The number of guanidine groups is 1. The molecule has 0 unspecified atom stereocenters. The summed E-state index contributed by atoms with van der Waals surface area (Å²) in [5, 5.41) is 6.71. The average Bonchev–Trinajstić information content (AvgIpc) is 3.05. The van der Waals surface area contributed by atoms with Crippen molar-refractivity contribution in [3.8, 4) is 11.5 Å². The van der Waals surface area contributed by atoms with Gasteiger partial charge in [-0.25, -0.2) is 0 Å². The lowest BCUT2D eigenvalue weighted by atomic mass is 10.1. The minimum absolute atomic E-state index is 0.626. The molecule has 26 heavy (non-hydrogen) atoms. The normalized spacial score (nSPS) is 11.3. The van der Waals surface area contributed by atoms with Crippen LogP contribution in [0, 0.1) is 6.92 Å². The number of thiophene rings is 1. The highest BCUT2D eigenvalue weighted by Gasteiger charge is 2.06. The summed E-state index contributed by atoms with van der Waals surface area (Å²) >= 11 is 1.80. The first-order valence-corrected chi connectivity index (χ1v) is 9.86. The summed E-state index contributed by atoms with van der Waals surface area (Å²) in [6.45, 7) is 8.92. The van der Waals surface area contributed by atoms with Crippen molar-refractivity contribution in [1.29, 1.82) is 0 Å². The van der Waals surface area contributed by atoms with Crippen molar-refractivity contribution in [2.24, 2.45) is 4.99 Å². The molecule has 0 aliphatic rings. The maximum absolute atomic E-state index is 5.69. The maximum Gasteiger partial charge on any atom is 0.191 e. The van der Waals surface area contributed by atoms with Crippen LogP contribution in [0.5, 0.6) is 11.5 Å². The predicted molar refractivity (Wildman–Crippen MR) is 110 cm³/mol. The minimum Gasteiger partial charge on any atom is -0.490 e. The van der Waals surface area contributed by atoms with Gasteiger partial charge in [-0.15, -0.1) is 11.3 Å². The standard InChI is InChI=1S/C20H29N3O2S/c1-5-24-18-10-8-16(13-19(18)25-6-2)11-12-22-20(21-4)23-14-17-9-7-15(3)26-17/h7-10,13H,5-6,11-12,14H2,1-4H3,(H2,21,22,23). The van der Waals surface area contributed by atoms with Crippen LogP contribution in [0.2, 0.25) is 0 Å². The molecule has 5 nitrogen and oxygen atoms in total. The zero-order valence-electron chi connectivity index (χ0n) is 16.1. The van der Waals surface area contributed by atoms with Gasteiger partial charge in [0.25, 0.3) is 0 Å². The number of aliphatic imine (C=N–C) groups is 1. The maximum atomic E-state index is 5.69. The Labute approximate surface area is 160 Å². The highest BCUT2D eigenvalue weighted by atomic mass is 32.1. The Morgan fingerprint density at radius 1 is 1.04 bits per heavy atom. The van der Waals surface area contributed by atoms with Crippen LogP contribution in [0.4, 0.5) is 0 Å². The number of benzene rings is 1. The number of nitrogens with one attached hydrogen (secondary N) is 2. The number of nitrogens with zero attached hydrogens (tertiary/aromatic N) is 1. The van der Waals surface area contributed by atoms with Gasteiger partial charge in [-0.1, -0.05) is 6.07 Å². The Kier molecular flexibility index (Phi) is 8.28. The van der Waals surface area contributed by atoms with E-state index in [9.17, 15) is 0 Å². The number of rotatable bonds is 9. The third-order valence-corrected chi connectivity index (χ3v) is 4.76. The second-order valence-electron chi connectivity index (χ2n) is 5.76. The van der Waals surface area contributed by atoms with Crippen LogP contribution in [-0.2, 0) is 13.0 Å². The van der Waals surface area contributed by atoms with Crippen molar-refractivity contribution in [3.63, 3.8) is 0 Å². The van der Waals surface area contributed by atoms with Crippen molar-refractivity contribution in [2.75, 3.05) is 26.8 Å². The number of aryl methyl sites for hydroxylation is 1. The summed E-state index contributed by atoms with van der Waals surface area (Å²) in [5.74, 6) is 2.42. The van der Waals surface area contributed by atoms with Crippen LogP contribution >= 0.6 is 11.3 Å². The zero-order valence-corrected chi connectivity index (χ0v) is 16.9. The molecule has 0 saturated carbocycles. The van der Waals surface area contributed by atoms with E-state index in [-0.39, 0.29) is 0 Å². The highest BCUT2D eigenvalue weighted by molar-refractivity contribution is 7.11. The van der Waals surface area contributed by atoms with Crippen LogP contribution < -0.4 is 20.1 Å². The Balaban J connectivity index is 1.84. The van der Waals surface area contributed by atoms with Gasteiger partial charge in [0, 0.05) is 23.3 Å². The molecule has 0 bridgehead atoms. The first kappa shape index (κ1) is 20.1. The largest absolute Gasteiger partial charge is 0.490 e. The Bertz CT molecular complexity index is 713. The number of hydrogen-bond acceptors (Lipinski definition) is 4. The Morgan fingerprint density at radius 2 is 1.81 bits per heavy atom. The van der Waals surface area contributed by atoms with Gasteiger partial charge in [0.1, 0.15) is 0 Å². The van der Waals surface area contributed by atoms with Gasteiger partial charge >= 0.3 is 0 Å². The fourth-order valence-electron chi connectivity index (χ4n) is 2.55. The summed E-state index contributed by atoms with van der Waals surface area (Å²) in [6, 6.07) is 10.4. The van der Waals surface area contributed by atoms with Crippen LogP contribution in [0.3, 0.4) is 0 Å². The Morgan fingerprint density at radius 3 is 2.46 bits per heavy atom. The molecule has 0 amide bonds. The van der Waals surface area contributed by atoms with Crippen LogP contribution in [-0.4, -0.2) is 32.8 Å². The van der Waals surface area contributed by atoms with E-state index in [4.69, 9.17) is 9.47 Å². The van der Waals surface area contributed by atoms with E-state index in [1.807, 2.05) is 19.9 Å². The summed E-state index contributed by atoms with van der Waals surface area (Å²) < 4.78 is 11.3. The molecule has 0 spiro atoms. The molecule has 0 atom stereocenters. The fourth-order valence-corrected chi connectivity index (χ4v) is 3.38. The van der Waals surface area contributed by atoms with Crippen molar-refractivity contribution < 1.29 is 9.47 Å². The summed E-state index contributed by atoms with van der Waals surface area (Å²) in [4.78, 5) is 6.91. The smallest absolute Gasteiger partial charge is 0.191 e. The molecule has 1 heterocycles. The molecule has 6 heteroatoms. The molecule has 0 radical (unpaired) electrons. The van der Waals surface area contributed by atoms with E-state index in [2.05, 4.69) is 46.8 Å². The van der Waals surface area contributed by atoms with Crippen molar-refractivity contribution >= 4 is 17.3 Å². The summed E-state index contributed by atoms with van der Waals surface area (Å²) in [7, 11) is 1.79. The SMILES string of the molecule is CCOc1ccc(CCNC(=NC)NCc2ccc(C)s2)cc1OCC. The molecule has 1 aromatic carbocycles. The molecular formula is C20H29N3O2S. The molecule has 0 saturated heterocycles. The predicted octanol–water partition coefficient (Wildman–Crippen LogP) is 3.76. The van der Waals surface area contributed by atoms with Gasteiger partial charge in [0.2, 0.25) is 0 Å². The van der Waals surface area contributed by atoms with Crippen molar-refractivity contribution in [3.05, 3.63) is 45.6 Å². The molecule has 0 fully saturated rings. The average molecular weight is 376 g/mol. The summed E-state index contributed by atoms with van der Waals surface area (Å²) in [5.41, 5.74) is 1.20. The van der Waals surface area contributed by atoms with E-state index in [0.29, 0.717) is 13.2 Å². The Hall–Kier alpha value is -2.21. The van der Waals surface area contributed by atoms with E-state index >= 15 is 0 Å². The molecular weight excluding hydrogens is 346 g/mol. The third-order valence-electron chi connectivity index (χ3n) is 3.76. The second-order valence-corrected chi connectivity index (χ2v) is 7.13. The molecule has 1 aromatic heterocycles. The lowest BCUT2D eigenvalue weighted by Gasteiger charge is -2.14. The van der Waals surface area contributed by atoms with Crippen LogP contribution in [0.15, 0.2) is 35.3 Å². The minimum atomic E-state index is 0.626. The van der Waals surface area contributed by atoms with Gasteiger partial charge in [-0.05, 0) is 57.0 Å². The number of hydrogen-bond donors (Lipinski definition) is 2. The fraction of sp³-hybridized carbons (Fsp3) is 0.450. The molecule has 142 valence electrons. The van der Waals surface area contributed by atoms with E-state index in [0.717, 1.165) is 37.0 Å². The zero-order chi connectivity index (χ0) is 18.8. The van der Waals surface area contributed by atoms with E-state index in [1.165, 1.54) is 15.3 Å². The highest BCUT2D eigenvalue weighted by Crippen LogP contribution is 2.28. The molecule has 2 rings (SSSR count). The monoisotopic (exact) mass is 375 g/mol. The van der Waals surface area contributed by atoms with Gasteiger partial charge < -0.3 is 20.1 Å². The lowest BCUT2D eigenvalue weighted by Crippen LogP contribution is -2.37. The first-order valence-electron chi connectivity index (χ1n) is 9.04. The topological polar surface area (TPSA) is 54.9 Å². The molecule has 2 aromatic rings. The third kappa shape index (κ3) is 6.26. The van der Waals surface area contributed by atoms with Crippen LogP contribution in [0.1, 0.15) is 29.2 Å². The number of ether oxygens (including phenoxy) is 2. The van der Waals surface area contributed by atoms with Crippen molar-refractivity contribution in [1.82, 2.24) is 10.6 Å². The first-order chi connectivity index (χ1) is 12.7. The lowest BCUT2D eigenvalue weighted by molar-refractivity contribution is 0.287. The van der Waals surface area contributed by atoms with Gasteiger partial charge in [-0.3, -0.25) is 4.99 Å². The van der Waals surface area contributed by atoms with Gasteiger partial charge in [-0.2, -0.15) is 0 Å². The van der Waals surface area contributed by atoms with Gasteiger partial charge in [0.05, 0.1) is 19.8 Å². The molecule has 2 N–H and O–H groups in total. The van der Waals surface area contributed by atoms with E-state index < -0.39 is 0 Å². The van der Waals surface area contributed by atoms with Crippen LogP contribution in [0.25, 0.3) is 0 Å². The molecule has 0 aliphatic heterocycles.